The van der Waals surface area contributed by atoms with Crippen LogP contribution in [0.3, 0.4) is 0 Å². The van der Waals surface area contributed by atoms with Crippen molar-refractivity contribution in [2.45, 2.75) is 32.6 Å². The van der Waals surface area contributed by atoms with Crippen LogP contribution in [-0.2, 0) is 11.2 Å². The lowest BCUT2D eigenvalue weighted by atomic mass is 10.1. The third-order valence-electron chi connectivity index (χ3n) is 5.50. The molecule has 160 valence electrons. The fraction of sp³-hybridized carbons (Fsp3) is 0.320. The van der Waals surface area contributed by atoms with Crippen LogP contribution < -0.4 is 15.0 Å². The maximum absolute atomic E-state index is 12.2. The number of anilines is 2. The minimum absolute atomic E-state index is 0.0311. The molecule has 0 unspecified atom stereocenters. The maximum atomic E-state index is 12.2. The number of piperidine rings is 1. The van der Waals surface area contributed by atoms with Gasteiger partial charge in [-0.1, -0.05) is 31.2 Å². The molecule has 2 aromatic carbocycles. The fourth-order valence-electron chi connectivity index (χ4n) is 3.66. The molecule has 4 rings (SSSR count). The van der Waals surface area contributed by atoms with Crippen LogP contribution in [0.2, 0.25) is 0 Å². The standard InChI is InChI=1S/C25H28N4O2/c1-2-19-6-12-22(13-7-19)31-18-25(30)26-21-10-8-20(9-11-21)23-14-15-24(28-27-23)29-16-4-3-5-17-29/h6-15H,2-5,16-18H2,1H3,(H,26,30). The molecule has 0 bridgehead atoms. The Kier molecular flexibility index (Phi) is 6.77. The van der Waals surface area contributed by atoms with Gasteiger partial charge in [0.1, 0.15) is 5.75 Å². The Bertz CT molecular complexity index is 980. The lowest BCUT2D eigenvalue weighted by molar-refractivity contribution is -0.118. The van der Waals surface area contributed by atoms with Crippen molar-refractivity contribution in [2.24, 2.45) is 0 Å². The van der Waals surface area contributed by atoms with Gasteiger partial charge in [0, 0.05) is 24.3 Å². The van der Waals surface area contributed by atoms with Gasteiger partial charge in [-0.2, -0.15) is 0 Å². The van der Waals surface area contributed by atoms with Gasteiger partial charge in [0.15, 0.2) is 12.4 Å². The van der Waals surface area contributed by atoms with Gasteiger partial charge in [-0.25, -0.2) is 0 Å². The second-order valence-electron chi connectivity index (χ2n) is 7.74. The van der Waals surface area contributed by atoms with Gasteiger partial charge in [-0.15, -0.1) is 10.2 Å². The highest BCUT2D eigenvalue weighted by Crippen LogP contribution is 2.22. The summed E-state index contributed by atoms with van der Waals surface area (Å²) in [5.41, 5.74) is 3.74. The van der Waals surface area contributed by atoms with Crippen LogP contribution in [0.25, 0.3) is 11.3 Å². The number of nitrogens with one attached hydrogen (secondary N) is 1. The van der Waals surface area contributed by atoms with E-state index in [9.17, 15) is 4.79 Å². The van der Waals surface area contributed by atoms with Crippen LogP contribution in [-0.4, -0.2) is 35.8 Å². The summed E-state index contributed by atoms with van der Waals surface area (Å²) in [5, 5.41) is 11.7. The van der Waals surface area contributed by atoms with Crippen LogP contribution in [0, 0.1) is 0 Å². The Hall–Kier alpha value is -3.41. The molecule has 0 aliphatic carbocycles. The Morgan fingerprint density at radius 3 is 2.32 bits per heavy atom. The summed E-state index contributed by atoms with van der Waals surface area (Å²) in [4.78, 5) is 14.5. The van der Waals surface area contributed by atoms with Gasteiger partial charge in [0.25, 0.3) is 5.91 Å². The van der Waals surface area contributed by atoms with Crippen LogP contribution >= 0.6 is 0 Å². The first-order valence-electron chi connectivity index (χ1n) is 10.9. The Morgan fingerprint density at radius 1 is 0.935 bits per heavy atom. The second kappa shape index (κ2) is 10.1. The molecule has 1 aliphatic rings. The minimum atomic E-state index is -0.196. The smallest absolute Gasteiger partial charge is 0.262 e. The molecule has 1 aliphatic heterocycles. The summed E-state index contributed by atoms with van der Waals surface area (Å²) in [7, 11) is 0. The van der Waals surface area contributed by atoms with E-state index in [-0.39, 0.29) is 12.5 Å². The number of ether oxygens (including phenoxy) is 1. The Labute approximate surface area is 183 Å². The van der Waals surface area contributed by atoms with Crippen molar-refractivity contribution in [2.75, 3.05) is 29.9 Å². The van der Waals surface area contributed by atoms with Crippen molar-refractivity contribution in [3.05, 3.63) is 66.2 Å². The molecule has 1 amide bonds. The number of aryl methyl sites for hydroxylation is 1. The van der Waals surface area contributed by atoms with E-state index in [1.165, 1.54) is 24.8 Å². The van der Waals surface area contributed by atoms with E-state index in [0.717, 1.165) is 42.3 Å². The molecule has 1 saturated heterocycles. The molecule has 3 aromatic rings. The van der Waals surface area contributed by atoms with Crippen molar-refractivity contribution in [1.29, 1.82) is 0 Å². The highest BCUT2D eigenvalue weighted by Gasteiger charge is 2.13. The largest absolute Gasteiger partial charge is 0.484 e. The summed E-state index contributed by atoms with van der Waals surface area (Å²) < 4.78 is 5.56. The molecule has 31 heavy (non-hydrogen) atoms. The van der Waals surface area contributed by atoms with Crippen molar-refractivity contribution in [1.82, 2.24) is 10.2 Å². The number of amides is 1. The number of hydrogen-bond acceptors (Lipinski definition) is 5. The zero-order chi connectivity index (χ0) is 21.5. The monoisotopic (exact) mass is 416 g/mol. The molecular weight excluding hydrogens is 388 g/mol. The Balaban J connectivity index is 1.30. The van der Waals surface area contributed by atoms with E-state index in [2.05, 4.69) is 27.3 Å². The van der Waals surface area contributed by atoms with Gasteiger partial charge in [-0.3, -0.25) is 4.79 Å². The first kappa shape index (κ1) is 20.8. The molecule has 6 heteroatoms. The third-order valence-corrected chi connectivity index (χ3v) is 5.50. The van der Waals surface area contributed by atoms with E-state index in [0.29, 0.717) is 5.75 Å². The maximum Gasteiger partial charge on any atom is 0.262 e. The van der Waals surface area contributed by atoms with Crippen molar-refractivity contribution in [3.8, 4) is 17.0 Å². The van der Waals surface area contributed by atoms with Crippen LogP contribution in [0.5, 0.6) is 5.75 Å². The number of nitrogens with zero attached hydrogens (tertiary/aromatic N) is 3. The number of hydrogen-bond donors (Lipinski definition) is 1. The third kappa shape index (κ3) is 5.60. The highest BCUT2D eigenvalue weighted by atomic mass is 16.5. The molecule has 2 heterocycles. The number of rotatable bonds is 7. The predicted molar refractivity (Wildman–Crippen MR) is 123 cm³/mol. The van der Waals surface area contributed by atoms with Crippen LogP contribution in [0.1, 0.15) is 31.7 Å². The predicted octanol–water partition coefficient (Wildman–Crippen LogP) is 4.71. The normalized spacial score (nSPS) is 13.6. The van der Waals surface area contributed by atoms with Gasteiger partial charge in [0.2, 0.25) is 0 Å². The van der Waals surface area contributed by atoms with Crippen LogP contribution in [0.15, 0.2) is 60.7 Å². The fourth-order valence-corrected chi connectivity index (χ4v) is 3.66. The van der Waals surface area contributed by atoms with E-state index in [1.54, 1.807) is 0 Å². The van der Waals surface area contributed by atoms with Gasteiger partial charge >= 0.3 is 0 Å². The van der Waals surface area contributed by atoms with E-state index < -0.39 is 0 Å². The number of carbonyl (C=O) groups excluding carboxylic acids is 1. The van der Waals surface area contributed by atoms with Gasteiger partial charge < -0.3 is 15.0 Å². The number of benzene rings is 2. The number of aromatic nitrogens is 2. The summed E-state index contributed by atoms with van der Waals surface area (Å²) >= 11 is 0. The molecule has 1 fully saturated rings. The first-order chi connectivity index (χ1) is 15.2. The zero-order valence-electron chi connectivity index (χ0n) is 17.9. The summed E-state index contributed by atoms with van der Waals surface area (Å²) in [6.07, 6.45) is 4.70. The number of carbonyl (C=O) groups is 1. The second-order valence-corrected chi connectivity index (χ2v) is 7.74. The molecule has 6 nitrogen and oxygen atoms in total. The first-order valence-corrected chi connectivity index (χ1v) is 10.9. The SMILES string of the molecule is CCc1ccc(OCC(=O)Nc2ccc(-c3ccc(N4CCCCC4)nn3)cc2)cc1. The Morgan fingerprint density at radius 2 is 1.68 bits per heavy atom. The molecule has 1 N–H and O–H groups in total. The molecule has 0 radical (unpaired) electrons. The van der Waals surface area contributed by atoms with Crippen molar-refractivity contribution < 1.29 is 9.53 Å². The molecule has 0 spiro atoms. The van der Waals surface area contributed by atoms with Crippen molar-refractivity contribution in [3.63, 3.8) is 0 Å². The summed E-state index contributed by atoms with van der Waals surface area (Å²) in [5.74, 6) is 1.43. The molecular formula is C25H28N4O2. The average molecular weight is 417 g/mol. The molecule has 0 atom stereocenters. The minimum Gasteiger partial charge on any atom is -0.484 e. The average Bonchev–Trinajstić information content (AvgIpc) is 2.84. The van der Waals surface area contributed by atoms with Crippen molar-refractivity contribution >= 4 is 17.4 Å². The molecule has 0 saturated carbocycles. The molecule has 1 aromatic heterocycles. The zero-order valence-corrected chi connectivity index (χ0v) is 17.9. The topological polar surface area (TPSA) is 67.3 Å². The van der Waals surface area contributed by atoms with E-state index >= 15 is 0 Å². The highest BCUT2D eigenvalue weighted by molar-refractivity contribution is 5.92. The quantitative estimate of drug-likeness (QED) is 0.604. The van der Waals surface area contributed by atoms with E-state index in [4.69, 9.17) is 4.74 Å². The van der Waals surface area contributed by atoms with Crippen LogP contribution in [0.4, 0.5) is 11.5 Å². The van der Waals surface area contributed by atoms with E-state index in [1.807, 2.05) is 60.7 Å². The lowest BCUT2D eigenvalue weighted by Gasteiger charge is -2.27. The lowest BCUT2D eigenvalue weighted by Crippen LogP contribution is -2.30. The van der Waals surface area contributed by atoms with Gasteiger partial charge in [0.05, 0.1) is 5.69 Å². The summed E-state index contributed by atoms with van der Waals surface area (Å²) in [6, 6.07) is 19.4. The van der Waals surface area contributed by atoms with Gasteiger partial charge in [-0.05, 0) is 67.6 Å². The summed E-state index contributed by atoms with van der Waals surface area (Å²) in [6.45, 7) is 4.18.